The lowest BCUT2D eigenvalue weighted by Gasteiger charge is -2.06. The van der Waals surface area contributed by atoms with Crippen molar-refractivity contribution in [3.05, 3.63) is 23.8 Å². The molecule has 0 spiro atoms. The predicted octanol–water partition coefficient (Wildman–Crippen LogP) is 1.11. The minimum atomic E-state index is 0.0600. The van der Waals surface area contributed by atoms with E-state index in [2.05, 4.69) is 6.07 Å². The van der Waals surface area contributed by atoms with Crippen molar-refractivity contribution in [2.24, 2.45) is 0 Å². The molecule has 1 saturated heterocycles. The Labute approximate surface area is 88.3 Å². The van der Waals surface area contributed by atoms with Gasteiger partial charge in [0.25, 0.3) is 0 Å². The van der Waals surface area contributed by atoms with Crippen LogP contribution in [0.4, 0.5) is 0 Å². The molecule has 78 valence electrons. The molecule has 1 aromatic carbocycles. The Balaban J connectivity index is 2.07. The molecule has 0 aliphatic carbocycles. The maximum Gasteiger partial charge on any atom is 0.160 e. The molecule has 2 rings (SSSR count). The van der Waals surface area contributed by atoms with Gasteiger partial charge in [-0.15, -0.1) is 0 Å². The van der Waals surface area contributed by atoms with E-state index in [-0.39, 0.29) is 11.8 Å². The highest BCUT2D eigenvalue weighted by molar-refractivity contribution is 5.41. The van der Waals surface area contributed by atoms with Crippen molar-refractivity contribution in [3.63, 3.8) is 0 Å². The summed E-state index contributed by atoms with van der Waals surface area (Å²) < 4.78 is 5.01. The van der Waals surface area contributed by atoms with E-state index in [9.17, 15) is 5.11 Å². The maximum absolute atomic E-state index is 9.39. The van der Waals surface area contributed by atoms with Crippen LogP contribution in [0.25, 0.3) is 0 Å². The molecule has 1 aromatic rings. The second kappa shape index (κ2) is 3.79. The highest BCUT2D eigenvalue weighted by Crippen LogP contribution is 2.28. The number of phenolic OH excluding ortho intramolecular Hbond substituents is 1. The van der Waals surface area contributed by atoms with E-state index >= 15 is 0 Å². The highest BCUT2D eigenvalue weighted by Gasteiger charge is 2.33. The highest BCUT2D eigenvalue weighted by atomic mass is 16.5. The molecule has 0 radical (unpaired) electrons. The monoisotopic (exact) mass is 204 g/mol. The minimum absolute atomic E-state index is 0.0600. The molecule has 0 saturated carbocycles. The van der Waals surface area contributed by atoms with Crippen LogP contribution in [0.15, 0.2) is 18.2 Å². The summed E-state index contributed by atoms with van der Waals surface area (Å²) in [5.74, 6) is 0.617. The van der Waals surface area contributed by atoms with Crippen LogP contribution < -0.4 is 4.74 Å². The van der Waals surface area contributed by atoms with Gasteiger partial charge in [0.2, 0.25) is 0 Å². The molecular weight excluding hydrogens is 192 g/mol. The number of phenols is 1. The molecule has 1 aliphatic heterocycles. The van der Waals surface area contributed by atoms with Crippen LogP contribution in [-0.4, -0.2) is 29.7 Å². The summed E-state index contributed by atoms with van der Waals surface area (Å²) in [7, 11) is 1.52. The number of rotatable bonds is 3. The first-order chi connectivity index (χ1) is 7.24. The van der Waals surface area contributed by atoms with Gasteiger partial charge in [0.15, 0.2) is 11.5 Å². The summed E-state index contributed by atoms with van der Waals surface area (Å²) >= 11 is 0. The summed E-state index contributed by atoms with van der Waals surface area (Å²) in [4.78, 5) is 2.05. The molecule has 2 unspecified atom stereocenters. The number of hydrogen-bond donors (Lipinski definition) is 1. The third kappa shape index (κ3) is 2.03. The molecule has 0 bridgehead atoms. The van der Waals surface area contributed by atoms with Gasteiger partial charge in [-0.3, -0.25) is 4.90 Å². The summed E-state index contributed by atoms with van der Waals surface area (Å²) in [5.41, 5.74) is 1.04. The number of nitriles is 1. The Morgan fingerprint density at radius 2 is 2.47 bits per heavy atom. The molecule has 4 heteroatoms. The third-order valence-electron chi connectivity index (χ3n) is 2.49. The van der Waals surface area contributed by atoms with Gasteiger partial charge in [0, 0.05) is 13.1 Å². The predicted molar refractivity (Wildman–Crippen MR) is 54.5 cm³/mol. The van der Waals surface area contributed by atoms with Gasteiger partial charge >= 0.3 is 0 Å². The topological polar surface area (TPSA) is 56.3 Å². The third-order valence-corrected chi connectivity index (χ3v) is 2.49. The van der Waals surface area contributed by atoms with Crippen LogP contribution in [0.1, 0.15) is 5.56 Å². The lowest BCUT2D eigenvalue weighted by Crippen LogP contribution is -2.00. The van der Waals surface area contributed by atoms with Gasteiger partial charge in [0.1, 0.15) is 6.04 Å². The Bertz CT molecular complexity index is 412. The van der Waals surface area contributed by atoms with E-state index in [0.717, 1.165) is 18.7 Å². The zero-order chi connectivity index (χ0) is 10.8. The summed E-state index contributed by atoms with van der Waals surface area (Å²) in [6.45, 7) is 1.56. The first-order valence-electron chi connectivity index (χ1n) is 4.74. The largest absolute Gasteiger partial charge is 0.504 e. The van der Waals surface area contributed by atoms with Gasteiger partial charge in [-0.25, -0.2) is 0 Å². The fraction of sp³-hybridized carbons (Fsp3) is 0.364. The number of aromatic hydroxyl groups is 1. The molecule has 2 atom stereocenters. The second-order valence-electron chi connectivity index (χ2n) is 3.58. The molecule has 1 fully saturated rings. The quantitative estimate of drug-likeness (QED) is 0.749. The molecule has 15 heavy (non-hydrogen) atoms. The standard InChI is InChI=1S/C11H12N2O2/c1-15-11-4-8(2-3-10(11)14)6-13-7-9(13)5-12/h2-4,9,14H,6-7H2,1H3. The fourth-order valence-electron chi connectivity index (χ4n) is 1.53. The zero-order valence-electron chi connectivity index (χ0n) is 8.47. The van der Waals surface area contributed by atoms with Gasteiger partial charge in [0.05, 0.1) is 13.2 Å². The number of nitrogens with zero attached hydrogens (tertiary/aromatic N) is 2. The van der Waals surface area contributed by atoms with Crippen molar-refractivity contribution in [2.75, 3.05) is 13.7 Å². The first-order valence-corrected chi connectivity index (χ1v) is 4.74. The summed E-state index contributed by atoms with van der Waals surface area (Å²) in [6.07, 6.45) is 0. The van der Waals surface area contributed by atoms with E-state index in [0.29, 0.717) is 5.75 Å². The van der Waals surface area contributed by atoms with Crippen molar-refractivity contribution in [2.45, 2.75) is 12.6 Å². The van der Waals surface area contributed by atoms with Gasteiger partial charge in [-0.1, -0.05) is 6.07 Å². The van der Waals surface area contributed by atoms with Gasteiger partial charge in [-0.2, -0.15) is 5.26 Å². The van der Waals surface area contributed by atoms with Crippen molar-refractivity contribution in [1.82, 2.24) is 4.90 Å². The lowest BCUT2D eigenvalue weighted by atomic mass is 10.2. The molecule has 1 heterocycles. The van der Waals surface area contributed by atoms with E-state index in [4.69, 9.17) is 10.00 Å². The van der Waals surface area contributed by atoms with Crippen molar-refractivity contribution >= 4 is 0 Å². The molecule has 1 N–H and O–H groups in total. The van der Waals surface area contributed by atoms with Crippen LogP contribution in [0.3, 0.4) is 0 Å². The Morgan fingerprint density at radius 3 is 3.07 bits per heavy atom. The van der Waals surface area contributed by atoms with Crippen LogP contribution in [0, 0.1) is 11.3 Å². The van der Waals surface area contributed by atoms with E-state index in [1.165, 1.54) is 7.11 Å². The van der Waals surface area contributed by atoms with Crippen molar-refractivity contribution in [1.29, 1.82) is 5.26 Å². The molecule has 0 aromatic heterocycles. The smallest absolute Gasteiger partial charge is 0.160 e. The summed E-state index contributed by atoms with van der Waals surface area (Å²) in [6, 6.07) is 7.50. The number of methoxy groups -OCH3 is 1. The van der Waals surface area contributed by atoms with Gasteiger partial charge < -0.3 is 9.84 Å². The van der Waals surface area contributed by atoms with Crippen LogP contribution in [0.2, 0.25) is 0 Å². The molecule has 4 nitrogen and oxygen atoms in total. The molecular formula is C11H12N2O2. The number of ether oxygens (including phenoxy) is 1. The number of benzene rings is 1. The van der Waals surface area contributed by atoms with Crippen molar-refractivity contribution < 1.29 is 9.84 Å². The normalized spacial score (nSPS) is 23.2. The Hall–Kier alpha value is -1.73. The SMILES string of the molecule is COc1cc(CN2CC2C#N)ccc1O. The van der Waals surface area contributed by atoms with Crippen LogP contribution in [0.5, 0.6) is 11.5 Å². The first kappa shape index (κ1) is 9.81. The maximum atomic E-state index is 9.39. The molecule has 0 amide bonds. The lowest BCUT2D eigenvalue weighted by molar-refractivity contribution is 0.372. The zero-order valence-corrected chi connectivity index (χ0v) is 8.47. The Kier molecular flexibility index (Phi) is 2.48. The fourth-order valence-corrected chi connectivity index (χ4v) is 1.53. The summed E-state index contributed by atoms with van der Waals surface area (Å²) in [5, 5.41) is 18.0. The van der Waals surface area contributed by atoms with E-state index in [1.807, 2.05) is 11.0 Å². The minimum Gasteiger partial charge on any atom is -0.504 e. The van der Waals surface area contributed by atoms with Crippen molar-refractivity contribution in [3.8, 4) is 17.6 Å². The Morgan fingerprint density at radius 1 is 1.67 bits per heavy atom. The van der Waals surface area contributed by atoms with Gasteiger partial charge in [-0.05, 0) is 17.7 Å². The average molecular weight is 204 g/mol. The van der Waals surface area contributed by atoms with E-state index in [1.54, 1.807) is 12.1 Å². The average Bonchev–Trinajstić information content (AvgIpc) is 2.99. The number of hydrogen-bond acceptors (Lipinski definition) is 4. The second-order valence-corrected chi connectivity index (χ2v) is 3.58. The molecule has 1 aliphatic rings. The van der Waals surface area contributed by atoms with Crippen LogP contribution >= 0.6 is 0 Å². The van der Waals surface area contributed by atoms with Crippen LogP contribution in [-0.2, 0) is 6.54 Å². The van der Waals surface area contributed by atoms with E-state index < -0.39 is 0 Å².